The van der Waals surface area contributed by atoms with Crippen LogP contribution >= 0.6 is 22.9 Å². The van der Waals surface area contributed by atoms with Crippen molar-refractivity contribution in [1.29, 1.82) is 0 Å². The lowest BCUT2D eigenvalue weighted by atomic mass is 10.2. The van der Waals surface area contributed by atoms with Gasteiger partial charge in [-0.15, -0.1) is 16.4 Å². The summed E-state index contributed by atoms with van der Waals surface area (Å²) < 4.78 is 5.32. The van der Waals surface area contributed by atoms with E-state index < -0.39 is 0 Å². The number of amides is 2. The highest BCUT2D eigenvalue weighted by atomic mass is 32.1. The van der Waals surface area contributed by atoms with E-state index in [1.54, 1.807) is 30.1 Å². The summed E-state index contributed by atoms with van der Waals surface area (Å²) in [6, 6.07) is 5.46. The predicted molar refractivity (Wildman–Crippen MR) is 98.4 cm³/mol. The van der Waals surface area contributed by atoms with Gasteiger partial charge in [-0.1, -0.05) is 4.49 Å². The Morgan fingerprint density at radius 1 is 1.31 bits per heavy atom. The molecule has 1 aliphatic rings. The maximum atomic E-state index is 12.8. The molecule has 1 atom stereocenters. The first-order chi connectivity index (χ1) is 12.6. The van der Waals surface area contributed by atoms with Gasteiger partial charge in [0.1, 0.15) is 10.7 Å². The lowest BCUT2D eigenvalue weighted by Gasteiger charge is -2.23. The molecule has 4 heterocycles. The largest absolute Gasteiger partial charge is 0.329 e. The van der Waals surface area contributed by atoms with Gasteiger partial charge >= 0.3 is 0 Å². The number of nitrogens with zero attached hydrogens (tertiary/aromatic N) is 5. The number of carbonyl (C=O) groups excluding carboxylic acids is 2. The van der Waals surface area contributed by atoms with Crippen LogP contribution in [0, 0.1) is 0 Å². The molecule has 0 radical (unpaired) electrons. The summed E-state index contributed by atoms with van der Waals surface area (Å²) >= 11 is 2.55. The van der Waals surface area contributed by atoms with Gasteiger partial charge in [0.25, 0.3) is 11.8 Å². The molecule has 1 fully saturated rings. The quantitative estimate of drug-likeness (QED) is 0.741. The second-order valence-corrected chi connectivity index (χ2v) is 7.84. The average Bonchev–Trinajstić information content (AvgIpc) is 3.40. The Balaban J connectivity index is 1.52. The van der Waals surface area contributed by atoms with Crippen LogP contribution in [0.25, 0.3) is 0 Å². The van der Waals surface area contributed by atoms with E-state index in [1.807, 2.05) is 11.0 Å². The number of nitrogens with one attached hydrogen (secondary N) is 1. The molecule has 10 heteroatoms. The van der Waals surface area contributed by atoms with Crippen LogP contribution < -0.4 is 5.32 Å². The summed E-state index contributed by atoms with van der Waals surface area (Å²) in [5, 5.41) is 11.2. The smallest absolute Gasteiger partial charge is 0.272 e. The van der Waals surface area contributed by atoms with E-state index >= 15 is 0 Å². The number of rotatable bonds is 4. The fourth-order valence-corrected chi connectivity index (χ4v) is 4.55. The van der Waals surface area contributed by atoms with Gasteiger partial charge in [0.05, 0.1) is 17.1 Å². The summed E-state index contributed by atoms with van der Waals surface area (Å²) in [6.07, 6.45) is 4.98. The van der Waals surface area contributed by atoms with E-state index in [9.17, 15) is 9.59 Å². The number of aromatic nitrogens is 4. The Morgan fingerprint density at radius 2 is 2.19 bits per heavy atom. The lowest BCUT2D eigenvalue weighted by Crippen LogP contribution is -2.31. The average molecular weight is 388 g/mol. The molecule has 0 aliphatic carbocycles. The highest BCUT2D eigenvalue weighted by Crippen LogP contribution is 2.37. The molecule has 0 saturated carbocycles. The van der Waals surface area contributed by atoms with Crippen molar-refractivity contribution < 1.29 is 9.59 Å². The van der Waals surface area contributed by atoms with Crippen LogP contribution in [0.3, 0.4) is 0 Å². The molecule has 2 amide bonds. The number of thiophene rings is 1. The van der Waals surface area contributed by atoms with Crippen LogP contribution in [0.1, 0.15) is 43.9 Å². The van der Waals surface area contributed by atoms with E-state index in [0.717, 1.165) is 29.3 Å². The Hall–Kier alpha value is -2.59. The minimum absolute atomic E-state index is 0.00554. The molecular formula is C16H16N6O2S2. The van der Waals surface area contributed by atoms with Crippen LogP contribution in [0.4, 0.5) is 5.00 Å². The zero-order chi connectivity index (χ0) is 18.1. The topological polar surface area (TPSA) is 93.0 Å². The van der Waals surface area contributed by atoms with E-state index in [-0.39, 0.29) is 17.9 Å². The number of hydrogen-bond acceptors (Lipinski definition) is 7. The number of aryl methyl sites for hydroxylation is 1. The summed E-state index contributed by atoms with van der Waals surface area (Å²) in [6.45, 7) is 0.709. The fraction of sp³-hybridized carbons (Fsp3) is 0.312. The molecule has 0 aromatic carbocycles. The summed E-state index contributed by atoms with van der Waals surface area (Å²) in [5.41, 5.74) is 0.573. The lowest BCUT2D eigenvalue weighted by molar-refractivity contribution is 0.0726. The highest BCUT2D eigenvalue weighted by Gasteiger charge is 2.33. The van der Waals surface area contributed by atoms with Crippen molar-refractivity contribution in [2.75, 3.05) is 11.9 Å². The monoisotopic (exact) mass is 388 g/mol. The van der Waals surface area contributed by atoms with Gasteiger partial charge in [0, 0.05) is 36.2 Å². The summed E-state index contributed by atoms with van der Waals surface area (Å²) in [5.74, 6) is -0.211. The minimum atomic E-state index is -0.185. The van der Waals surface area contributed by atoms with Crippen molar-refractivity contribution in [3.63, 3.8) is 0 Å². The van der Waals surface area contributed by atoms with Crippen molar-refractivity contribution in [2.45, 2.75) is 18.9 Å². The molecule has 1 saturated heterocycles. The maximum Gasteiger partial charge on any atom is 0.272 e. The normalized spacial score (nSPS) is 16.8. The van der Waals surface area contributed by atoms with Gasteiger partial charge < -0.3 is 10.2 Å². The standard InChI is InChI=1S/C16H16N6O2S2/c1-21-11(6-7-18-21)16(24)22-8-2-3-10(22)12-4-5-13(25-12)15(23)19-14-9-17-20-26-14/h4-7,9-10H,2-3,8H2,1H3,(H,19,23)/t10-/m1/s1. The molecule has 134 valence electrons. The minimum Gasteiger partial charge on any atom is -0.329 e. The van der Waals surface area contributed by atoms with E-state index in [4.69, 9.17) is 0 Å². The van der Waals surface area contributed by atoms with Crippen LogP contribution in [-0.4, -0.2) is 42.6 Å². The number of anilines is 1. The Labute approximate surface area is 157 Å². The Morgan fingerprint density at radius 3 is 2.92 bits per heavy atom. The molecule has 1 N–H and O–H groups in total. The third kappa shape index (κ3) is 3.13. The first-order valence-electron chi connectivity index (χ1n) is 8.11. The van der Waals surface area contributed by atoms with Crippen molar-refractivity contribution >= 4 is 39.7 Å². The molecule has 3 aromatic heterocycles. The van der Waals surface area contributed by atoms with Gasteiger partial charge in [0.2, 0.25) is 0 Å². The zero-order valence-electron chi connectivity index (χ0n) is 14.0. The first kappa shape index (κ1) is 16.9. The van der Waals surface area contributed by atoms with Gasteiger partial charge in [-0.3, -0.25) is 14.3 Å². The van der Waals surface area contributed by atoms with E-state index in [1.165, 1.54) is 17.5 Å². The van der Waals surface area contributed by atoms with Crippen LogP contribution in [0.15, 0.2) is 30.6 Å². The molecule has 0 bridgehead atoms. The molecule has 26 heavy (non-hydrogen) atoms. The van der Waals surface area contributed by atoms with E-state index in [2.05, 4.69) is 20.0 Å². The third-order valence-electron chi connectivity index (χ3n) is 4.33. The second kappa shape index (κ2) is 6.96. The fourth-order valence-electron chi connectivity index (χ4n) is 3.09. The molecule has 4 rings (SSSR count). The van der Waals surface area contributed by atoms with Gasteiger partial charge in [-0.05, 0) is 31.0 Å². The highest BCUT2D eigenvalue weighted by molar-refractivity contribution is 7.14. The van der Waals surface area contributed by atoms with Crippen molar-refractivity contribution in [1.82, 2.24) is 24.3 Å². The van der Waals surface area contributed by atoms with Gasteiger partial charge in [0.15, 0.2) is 0 Å². The van der Waals surface area contributed by atoms with Crippen LogP contribution in [0.5, 0.6) is 0 Å². The van der Waals surface area contributed by atoms with Gasteiger partial charge in [-0.25, -0.2) is 0 Å². The Bertz CT molecular complexity index is 932. The first-order valence-corrected chi connectivity index (χ1v) is 9.70. The third-order valence-corrected chi connectivity index (χ3v) is 6.10. The SMILES string of the molecule is Cn1nccc1C(=O)N1CCC[C@@H]1c1ccc(C(=O)Nc2cnns2)s1. The van der Waals surface area contributed by atoms with Crippen molar-refractivity contribution in [3.8, 4) is 0 Å². The maximum absolute atomic E-state index is 12.8. The molecule has 1 aliphatic heterocycles. The molecule has 0 unspecified atom stereocenters. The number of carbonyl (C=O) groups is 2. The predicted octanol–water partition coefficient (Wildman–Crippen LogP) is 2.56. The van der Waals surface area contributed by atoms with Gasteiger partial charge in [-0.2, -0.15) is 5.10 Å². The summed E-state index contributed by atoms with van der Waals surface area (Å²) in [7, 11) is 1.76. The Kier molecular flexibility index (Phi) is 4.51. The zero-order valence-corrected chi connectivity index (χ0v) is 15.6. The molecule has 8 nitrogen and oxygen atoms in total. The summed E-state index contributed by atoms with van der Waals surface area (Å²) in [4.78, 5) is 28.7. The van der Waals surface area contributed by atoms with E-state index in [0.29, 0.717) is 22.1 Å². The van der Waals surface area contributed by atoms with Crippen molar-refractivity contribution in [3.05, 3.63) is 46.0 Å². The number of hydrogen-bond donors (Lipinski definition) is 1. The second-order valence-electron chi connectivity index (χ2n) is 5.93. The van der Waals surface area contributed by atoms with Crippen LogP contribution in [0.2, 0.25) is 0 Å². The molecule has 0 spiro atoms. The molecular weight excluding hydrogens is 372 g/mol. The molecule has 3 aromatic rings. The van der Waals surface area contributed by atoms with Crippen molar-refractivity contribution in [2.24, 2.45) is 7.05 Å². The number of likely N-dealkylation sites (tertiary alicyclic amines) is 1. The van der Waals surface area contributed by atoms with Crippen LogP contribution in [-0.2, 0) is 7.05 Å².